The number of fused-ring (bicyclic) bond motifs is 5. The van der Waals surface area contributed by atoms with Crippen LogP contribution in [0.4, 0.5) is 0 Å². The minimum Gasteiger partial charge on any atom is -0.309 e. The Labute approximate surface area is 248 Å². The van der Waals surface area contributed by atoms with Crippen molar-refractivity contribution < 1.29 is 0 Å². The highest BCUT2D eigenvalue weighted by Crippen LogP contribution is 2.42. The van der Waals surface area contributed by atoms with E-state index in [0.29, 0.717) is 11.3 Å². The summed E-state index contributed by atoms with van der Waals surface area (Å²) in [6, 6.07) is 48.6. The molecule has 0 fully saturated rings. The van der Waals surface area contributed by atoms with Gasteiger partial charge in [-0.25, -0.2) is 0 Å². The number of nitrogens with zero attached hydrogens (tertiary/aromatic N) is 4. The fourth-order valence-electron chi connectivity index (χ4n) is 6.13. The van der Waals surface area contributed by atoms with E-state index in [2.05, 4.69) is 131 Å². The Balaban J connectivity index is 1.40. The first kappa shape index (κ1) is 24.7. The Bertz CT molecular complexity index is 2330. The summed E-state index contributed by atoms with van der Waals surface area (Å²) in [4.78, 5) is 9.21. The van der Waals surface area contributed by atoms with Crippen LogP contribution < -0.4 is 0 Å². The molecule has 0 aliphatic heterocycles. The summed E-state index contributed by atoms with van der Waals surface area (Å²) < 4.78 is 2.38. The molecule has 8 rings (SSSR count). The maximum atomic E-state index is 9.32. The predicted molar refractivity (Wildman–Crippen MR) is 175 cm³/mol. The van der Waals surface area contributed by atoms with Crippen LogP contribution in [0.3, 0.4) is 0 Å². The molecule has 4 nitrogen and oxygen atoms in total. The molecule has 43 heavy (non-hydrogen) atoms. The first-order valence-electron chi connectivity index (χ1n) is 14.2. The van der Waals surface area contributed by atoms with Crippen molar-refractivity contribution in [3.8, 4) is 45.4 Å². The molecule has 0 amide bonds. The molecule has 200 valence electrons. The molecular weight excluding hydrogens is 524 g/mol. The van der Waals surface area contributed by atoms with Crippen LogP contribution in [0.5, 0.6) is 0 Å². The van der Waals surface area contributed by atoms with Gasteiger partial charge in [0.05, 0.1) is 34.1 Å². The van der Waals surface area contributed by atoms with Gasteiger partial charge >= 0.3 is 0 Å². The average molecular weight is 549 g/mol. The third-order valence-corrected chi connectivity index (χ3v) is 8.12. The van der Waals surface area contributed by atoms with E-state index in [0.717, 1.165) is 28.0 Å². The molecule has 4 heteroatoms. The molecule has 0 aliphatic rings. The van der Waals surface area contributed by atoms with Gasteiger partial charge < -0.3 is 4.57 Å². The van der Waals surface area contributed by atoms with Crippen molar-refractivity contribution in [2.24, 2.45) is 0 Å². The van der Waals surface area contributed by atoms with Crippen LogP contribution in [0.25, 0.3) is 71.9 Å². The van der Waals surface area contributed by atoms with Crippen molar-refractivity contribution in [3.63, 3.8) is 0 Å². The molecule has 0 N–H and O–H groups in total. The van der Waals surface area contributed by atoms with Gasteiger partial charge in [0.25, 0.3) is 0 Å². The van der Waals surface area contributed by atoms with Crippen molar-refractivity contribution in [3.05, 3.63) is 151 Å². The van der Waals surface area contributed by atoms with Gasteiger partial charge in [-0.2, -0.15) is 5.26 Å². The predicted octanol–water partition coefficient (Wildman–Crippen LogP) is 9.60. The maximum absolute atomic E-state index is 9.32. The number of rotatable bonds is 4. The van der Waals surface area contributed by atoms with Crippen LogP contribution >= 0.6 is 0 Å². The Hall–Kier alpha value is -6.05. The molecule has 3 aromatic heterocycles. The maximum Gasteiger partial charge on any atom is 0.0992 e. The average Bonchev–Trinajstić information content (AvgIpc) is 3.42. The molecular formula is C39H24N4. The number of pyridine rings is 2. The van der Waals surface area contributed by atoms with Gasteiger partial charge in [0.15, 0.2) is 0 Å². The van der Waals surface area contributed by atoms with Crippen LogP contribution in [-0.4, -0.2) is 14.5 Å². The summed E-state index contributed by atoms with van der Waals surface area (Å²) in [6.45, 7) is 0. The summed E-state index contributed by atoms with van der Waals surface area (Å²) in [5.41, 5.74) is 9.93. The van der Waals surface area contributed by atoms with Gasteiger partial charge in [0.2, 0.25) is 0 Å². The number of para-hydroxylation sites is 1. The standard InChI is InChI=1S/C39H24N4/c40-24-26-19-20-41-36(21-26)35-18-16-29(25-42-35)34-23-38-39(32-14-8-7-13-31(32)34)33-17-15-28(27-9-3-1-4-10-27)22-37(33)43(38)30-11-5-2-6-12-30/h1-23,25H. The van der Waals surface area contributed by atoms with Gasteiger partial charge in [-0.1, -0.05) is 91.0 Å². The second kappa shape index (κ2) is 10.1. The molecule has 0 aliphatic carbocycles. The molecule has 0 saturated heterocycles. The van der Waals surface area contributed by atoms with Crippen molar-refractivity contribution >= 4 is 32.6 Å². The smallest absolute Gasteiger partial charge is 0.0992 e. The van der Waals surface area contributed by atoms with Crippen molar-refractivity contribution in [2.45, 2.75) is 0 Å². The summed E-state index contributed by atoms with van der Waals surface area (Å²) in [5, 5.41) is 14.2. The zero-order valence-corrected chi connectivity index (χ0v) is 23.1. The van der Waals surface area contributed by atoms with E-state index in [-0.39, 0.29) is 0 Å². The molecule has 0 saturated carbocycles. The van der Waals surface area contributed by atoms with E-state index in [1.807, 2.05) is 12.3 Å². The van der Waals surface area contributed by atoms with E-state index < -0.39 is 0 Å². The van der Waals surface area contributed by atoms with Crippen LogP contribution in [0, 0.1) is 11.3 Å². The van der Waals surface area contributed by atoms with Gasteiger partial charge in [-0.15, -0.1) is 0 Å². The minimum absolute atomic E-state index is 0.566. The van der Waals surface area contributed by atoms with Crippen LogP contribution in [0.15, 0.2) is 146 Å². The molecule has 8 aromatic rings. The van der Waals surface area contributed by atoms with E-state index in [4.69, 9.17) is 4.98 Å². The number of aromatic nitrogens is 3. The lowest BCUT2D eigenvalue weighted by Gasteiger charge is -2.12. The van der Waals surface area contributed by atoms with Crippen LogP contribution in [0.2, 0.25) is 0 Å². The molecule has 0 atom stereocenters. The lowest BCUT2D eigenvalue weighted by Crippen LogP contribution is -1.94. The van der Waals surface area contributed by atoms with Gasteiger partial charge in [0.1, 0.15) is 0 Å². The Morgan fingerprint density at radius 3 is 2.05 bits per heavy atom. The number of hydrogen-bond donors (Lipinski definition) is 0. The summed E-state index contributed by atoms with van der Waals surface area (Å²) in [6.07, 6.45) is 3.56. The summed E-state index contributed by atoms with van der Waals surface area (Å²) in [7, 11) is 0. The normalized spacial score (nSPS) is 11.2. The molecule has 5 aromatic carbocycles. The van der Waals surface area contributed by atoms with Crippen molar-refractivity contribution in [1.29, 1.82) is 5.26 Å². The fourth-order valence-corrected chi connectivity index (χ4v) is 6.13. The minimum atomic E-state index is 0.566. The molecule has 0 radical (unpaired) electrons. The highest BCUT2D eigenvalue weighted by atomic mass is 15.0. The highest BCUT2D eigenvalue weighted by Gasteiger charge is 2.19. The van der Waals surface area contributed by atoms with Crippen molar-refractivity contribution in [2.75, 3.05) is 0 Å². The monoisotopic (exact) mass is 548 g/mol. The third-order valence-electron chi connectivity index (χ3n) is 8.12. The van der Waals surface area contributed by atoms with E-state index >= 15 is 0 Å². The number of hydrogen-bond acceptors (Lipinski definition) is 3. The zero-order chi connectivity index (χ0) is 28.8. The number of benzene rings is 5. The first-order valence-corrected chi connectivity index (χ1v) is 14.2. The molecule has 0 bridgehead atoms. The zero-order valence-electron chi connectivity index (χ0n) is 23.1. The third kappa shape index (κ3) is 4.15. The molecule has 0 spiro atoms. The Morgan fingerprint density at radius 1 is 0.535 bits per heavy atom. The second-order valence-corrected chi connectivity index (χ2v) is 10.6. The van der Waals surface area contributed by atoms with Crippen molar-refractivity contribution in [1.82, 2.24) is 14.5 Å². The Morgan fingerprint density at radius 2 is 1.28 bits per heavy atom. The van der Waals surface area contributed by atoms with Gasteiger partial charge in [0, 0.05) is 34.4 Å². The van der Waals surface area contributed by atoms with Crippen LogP contribution in [-0.2, 0) is 0 Å². The first-order chi connectivity index (χ1) is 21.3. The fraction of sp³-hybridized carbons (Fsp3) is 0. The summed E-state index contributed by atoms with van der Waals surface area (Å²) in [5.74, 6) is 0. The van der Waals surface area contributed by atoms with E-state index in [9.17, 15) is 5.26 Å². The largest absolute Gasteiger partial charge is 0.309 e. The van der Waals surface area contributed by atoms with E-state index in [1.54, 1.807) is 18.3 Å². The topological polar surface area (TPSA) is 54.5 Å². The molecule has 0 unspecified atom stereocenters. The highest BCUT2D eigenvalue weighted by molar-refractivity contribution is 6.24. The van der Waals surface area contributed by atoms with E-state index in [1.165, 1.54) is 38.2 Å². The Kier molecular flexibility index (Phi) is 5.80. The lowest BCUT2D eigenvalue weighted by atomic mass is 9.95. The number of nitriles is 1. The SMILES string of the molecule is N#Cc1ccnc(-c2ccc(-c3cc4c(c5ccccc35)c3ccc(-c5ccccc5)cc3n4-c3ccccc3)cn2)c1. The second-order valence-electron chi connectivity index (χ2n) is 10.6. The lowest BCUT2D eigenvalue weighted by molar-refractivity contribution is 1.18. The van der Waals surface area contributed by atoms with Gasteiger partial charge in [-0.3, -0.25) is 9.97 Å². The quantitative estimate of drug-likeness (QED) is 0.220. The molecule has 3 heterocycles. The summed E-state index contributed by atoms with van der Waals surface area (Å²) >= 11 is 0. The van der Waals surface area contributed by atoms with Crippen LogP contribution in [0.1, 0.15) is 5.56 Å². The van der Waals surface area contributed by atoms with Gasteiger partial charge in [-0.05, 0) is 69.9 Å².